The van der Waals surface area contributed by atoms with E-state index in [1.165, 1.54) is 0 Å². The zero-order chi connectivity index (χ0) is 24.0. The predicted octanol–water partition coefficient (Wildman–Crippen LogP) is 3.92. The maximum absolute atomic E-state index is 6.01. The Hall–Kier alpha value is -1.76. The fourth-order valence-electron chi connectivity index (χ4n) is 3.16. The molecule has 0 saturated carbocycles. The van der Waals surface area contributed by atoms with E-state index in [9.17, 15) is 0 Å². The lowest BCUT2D eigenvalue weighted by Crippen LogP contribution is -2.41. The van der Waals surface area contributed by atoms with Crippen molar-refractivity contribution in [2.45, 2.75) is 19.9 Å². The standard InChI is InChI=1S/C26H45N3O3/c1-8-16-27(17-9-2)23-32-21-25(6)26(29(19-11-4)24-30-7)15-13-14-20-28(18-10-3)22-31-12-5/h8-11,14-15,25-26H,1-4,12,16-24H2,5-7H3. The molecule has 2 atom stereocenters. The summed E-state index contributed by atoms with van der Waals surface area (Å²) in [4.78, 5) is 6.51. The van der Waals surface area contributed by atoms with Gasteiger partial charge in [-0.25, -0.2) is 0 Å². The van der Waals surface area contributed by atoms with E-state index in [-0.39, 0.29) is 12.0 Å². The molecule has 32 heavy (non-hydrogen) atoms. The first kappa shape index (κ1) is 30.2. The van der Waals surface area contributed by atoms with Gasteiger partial charge in [-0.2, -0.15) is 0 Å². The normalized spacial score (nSPS) is 12.9. The van der Waals surface area contributed by atoms with Crippen LogP contribution in [-0.2, 0) is 14.2 Å². The van der Waals surface area contributed by atoms with Gasteiger partial charge in [0.15, 0.2) is 0 Å². The van der Waals surface area contributed by atoms with E-state index in [0.29, 0.717) is 40.0 Å². The Bertz CT molecular complexity index is 563. The zero-order valence-corrected chi connectivity index (χ0v) is 20.6. The van der Waals surface area contributed by atoms with Crippen molar-refractivity contribution in [3.8, 4) is 0 Å². The van der Waals surface area contributed by atoms with Crippen molar-refractivity contribution in [3.63, 3.8) is 0 Å². The highest BCUT2D eigenvalue weighted by molar-refractivity contribution is 4.99. The summed E-state index contributed by atoms with van der Waals surface area (Å²) in [5, 5.41) is 0. The summed E-state index contributed by atoms with van der Waals surface area (Å²) in [6.45, 7) is 26.2. The van der Waals surface area contributed by atoms with E-state index in [2.05, 4.69) is 59.7 Å². The first-order valence-corrected chi connectivity index (χ1v) is 11.3. The summed E-state index contributed by atoms with van der Waals surface area (Å²) in [7, 11) is 1.71. The first-order chi connectivity index (χ1) is 15.6. The second kappa shape index (κ2) is 21.1. The number of rotatable bonds is 22. The molecule has 0 aliphatic carbocycles. The largest absolute Gasteiger partial charge is 0.369 e. The van der Waals surface area contributed by atoms with Crippen molar-refractivity contribution in [1.29, 1.82) is 0 Å². The van der Waals surface area contributed by atoms with Gasteiger partial charge < -0.3 is 14.2 Å². The van der Waals surface area contributed by atoms with Crippen LogP contribution in [-0.4, -0.2) is 94.0 Å². The highest BCUT2D eigenvalue weighted by Crippen LogP contribution is 2.14. The van der Waals surface area contributed by atoms with Gasteiger partial charge in [-0.1, -0.05) is 31.2 Å². The molecule has 0 rings (SSSR count). The summed E-state index contributed by atoms with van der Waals surface area (Å²) < 4.78 is 17.0. The number of hydrogen-bond donors (Lipinski definition) is 0. The zero-order valence-electron chi connectivity index (χ0n) is 20.6. The van der Waals surface area contributed by atoms with E-state index >= 15 is 0 Å². The monoisotopic (exact) mass is 447 g/mol. The van der Waals surface area contributed by atoms with Crippen LogP contribution in [0.1, 0.15) is 13.8 Å². The van der Waals surface area contributed by atoms with Gasteiger partial charge in [0.05, 0.1) is 26.8 Å². The van der Waals surface area contributed by atoms with Gasteiger partial charge in [0.2, 0.25) is 0 Å². The Balaban J connectivity index is 5.20. The molecular weight excluding hydrogens is 402 g/mol. The smallest absolute Gasteiger partial charge is 0.0995 e. The molecule has 0 amide bonds. The van der Waals surface area contributed by atoms with Gasteiger partial charge in [-0.15, -0.1) is 32.0 Å². The van der Waals surface area contributed by atoms with Gasteiger partial charge in [0.25, 0.3) is 0 Å². The lowest BCUT2D eigenvalue weighted by molar-refractivity contribution is -0.00817. The number of ether oxygens (including phenoxy) is 3. The second-order valence-corrected chi connectivity index (χ2v) is 7.54. The molecule has 0 radical (unpaired) electrons. The van der Waals surface area contributed by atoms with Crippen molar-refractivity contribution in [1.82, 2.24) is 14.7 Å². The van der Waals surface area contributed by atoms with Gasteiger partial charge in [-0.05, 0) is 25.0 Å². The van der Waals surface area contributed by atoms with Gasteiger partial charge in [0.1, 0.15) is 0 Å². The SMILES string of the molecule is C=CCN(CC=C=CC(C(C)COCN(CC=C)CC=C)N(CC=C)COC)COCC. The van der Waals surface area contributed by atoms with E-state index in [1.54, 1.807) is 7.11 Å². The number of methoxy groups -OCH3 is 1. The lowest BCUT2D eigenvalue weighted by Gasteiger charge is -2.32. The Morgan fingerprint density at radius 2 is 1.38 bits per heavy atom. The molecule has 0 saturated heterocycles. The van der Waals surface area contributed by atoms with Crippen molar-refractivity contribution in [2.75, 3.05) is 73.2 Å². The van der Waals surface area contributed by atoms with E-state index in [4.69, 9.17) is 14.2 Å². The molecule has 0 aliphatic rings. The van der Waals surface area contributed by atoms with Crippen molar-refractivity contribution >= 4 is 0 Å². The van der Waals surface area contributed by atoms with Crippen LogP contribution in [0.25, 0.3) is 0 Å². The summed E-state index contributed by atoms with van der Waals surface area (Å²) in [6, 6.07) is 0.0937. The first-order valence-electron chi connectivity index (χ1n) is 11.3. The Labute approximate surface area is 196 Å². The predicted molar refractivity (Wildman–Crippen MR) is 135 cm³/mol. The van der Waals surface area contributed by atoms with Crippen LogP contribution in [0.4, 0.5) is 0 Å². The summed E-state index contributed by atoms with van der Waals surface area (Å²) in [5.41, 5.74) is 3.36. The lowest BCUT2D eigenvalue weighted by atomic mass is 10.0. The van der Waals surface area contributed by atoms with Crippen LogP contribution in [0.3, 0.4) is 0 Å². The molecule has 0 N–H and O–H groups in total. The van der Waals surface area contributed by atoms with Gasteiger partial charge in [0, 0.05) is 52.5 Å². The number of hydrogen-bond acceptors (Lipinski definition) is 6. The molecule has 2 unspecified atom stereocenters. The van der Waals surface area contributed by atoms with E-state index in [0.717, 1.165) is 26.2 Å². The van der Waals surface area contributed by atoms with E-state index < -0.39 is 0 Å². The van der Waals surface area contributed by atoms with Crippen molar-refractivity contribution in [2.24, 2.45) is 5.92 Å². The van der Waals surface area contributed by atoms with Crippen molar-refractivity contribution < 1.29 is 14.2 Å². The second-order valence-electron chi connectivity index (χ2n) is 7.54. The van der Waals surface area contributed by atoms with Gasteiger partial charge >= 0.3 is 0 Å². The van der Waals surface area contributed by atoms with Crippen LogP contribution < -0.4 is 0 Å². The van der Waals surface area contributed by atoms with Crippen LogP contribution in [0, 0.1) is 5.92 Å². The minimum Gasteiger partial charge on any atom is -0.369 e. The maximum atomic E-state index is 6.01. The molecule has 0 aliphatic heterocycles. The van der Waals surface area contributed by atoms with Crippen LogP contribution in [0.2, 0.25) is 0 Å². The quantitative estimate of drug-likeness (QED) is 0.142. The molecule has 0 aromatic rings. The van der Waals surface area contributed by atoms with Crippen molar-refractivity contribution in [3.05, 3.63) is 68.5 Å². The van der Waals surface area contributed by atoms with Crippen LogP contribution in [0.5, 0.6) is 0 Å². The third-order valence-corrected chi connectivity index (χ3v) is 4.69. The van der Waals surface area contributed by atoms with Crippen LogP contribution >= 0.6 is 0 Å². The minimum atomic E-state index is 0.0937. The molecular formula is C26H45N3O3. The fourth-order valence-corrected chi connectivity index (χ4v) is 3.16. The van der Waals surface area contributed by atoms with Crippen LogP contribution in [0.15, 0.2) is 68.5 Å². The Kier molecular flexibility index (Phi) is 19.9. The average molecular weight is 448 g/mol. The summed E-state index contributed by atoms with van der Waals surface area (Å²) in [6.07, 6.45) is 11.6. The molecule has 0 aromatic carbocycles. The fraction of sp³-hybridized carbons (Fsp3) is 0.577. The Morgan fingerprint density at radius 1 is 0.812 bits per heavy atom. The number of nitrogens with zero attached hydrogens (tertiary/aromatic N) is 3. The average Bonchev–Trinajstić information content (AvgIpc) is 2.77. The molecule has 0 aromatic heterocycles. The molecule has 0 fully saturated rings. The third kappa shape index (κ3) is 14.3. The highest BCUT2D eigenvalue weighted by atomic mass is 16.5. The summed E-state index contributed by atoms with van der Waals surface area (Å²) >= 11 is 0. The third-order valence-electron chi connectivity index (χ3n) is 4.69. The molecule has 0 spiro atoms. The molecule has 6 heteroatoms. The maximum Gasteiger partial charge on any atom is 0.0995 e. The molecule has 0 heterocycles. The van der Waals surface area contributed by atoms with Gasteiger partial charge in [-0.3, -0.25) is 14.7 Å². The van der Waals surface area contributed by atoms with E-state index in [1.807, 2.05) is 37.3 Å². The molecule has 6 nitrogen and oxygen atoms in total. The highest BCUT2D eigenvalue weighted by Gasteiger charge is 2.22. The summed E-state index contributed by atoms with van der Waals surface area (Å²) in [5.74, 6) is 0.230. The Morgan fingerprint density at radius 3 is 1.91 bits per heavy atom. The topological polar surface area (TPSA) is 37.4 Å². The minimum absolute atomic E-state index is 0.0937. The molecule has 0 bridgehead atoms. The molecule has 182 valence electrons.